The van der Waals surface area contributed by atoms with Gasteiger partial charge in [0.05, 0.1) is 23.4 Å². The van der Waals surface area contributed by atoms with Gasteiger partial charge >= 0.3 is 0 Å². The van der Waals surface area contributed by atoms with E-state index in [-0.39, 0.29) is 22.1 Å². The lowest BCUT2D eigenvalue weighted by Gasteiger charge is -2.13. The van der Waals surface area contributed by atoms with Gasteiger partial charge in [0, 0.05) is 25.2 Å². The van der Waals surface area contributed by atoms with Crippen molar-refractivity contribution in [3.05, 3.63) is 66.4 Å². The fraction of sp³-hybridized carbons (Fsp3) is 0.158. The zero-order valence-electron chi connectivity index (χ0n) is 14.7. The number of hydrogen-bond acceptors (Lipinski definition) is 5. The number of amides is 1. The minimum atomic E-state index is -3.94. The number of methoxy groups -OCH3 is 1. The van der Waals surface area contributed by atoms with E-state index in [2.05, 4.69) is 15.0 Å². The molecule has 27 heavy (non-hydrogen) atoms. The van der Waals surface area contributed by atoms with Crippen LogP contribution in [0.15, 0.2) is 65.7 Å². The lowest BCUT2D eigenvalue weighted by Crippen LogP contribution is -2.28. The number of ether oxygens (including phenoxy) is 1. The zero-order valence-corrected chi connectivity index (χ0v) is 15.5. The number of aromatic nitrogens is 1. The molecule has 2 N–H and O–H groups in total. The standard InChI is InChI=1S/C19H19N3O4S/c1-26-13-12-21-19(23)15-8-2-3-9-16(15)22-27(24,25)17-10-4-6-14-7-5-11-20-18(14)17/h2-11,22H,12-13H2,1H3,(H,21,23). The molecule has 0 saturated heterocycles. The van der Waals surface area contributed by atoms with E-state index in [0.717, 1.165) is 0 Å². The lowest BCUT2D eigenvalue weighted by molar-refractivity contribution is 0.0938. The minimum absolute atomic E-state index is 0.0511. The van der Waals surface area contributed by atoms with Crippen molar-refractivity contribution in [2.75, 3.05) is 25.0 Å². The van der Waals surface area contributed by atoms with Gasteiger partial charge in [-0.05, 0) is 24.3 Å². The van der Waals surface area contributed by atoms with E-state index in [1.807, 2.05) is 0 Å². The number of anilines is 1. The van der Waals surface area contributed by atoms with Crippen molar-refractivity contribution in [2.45, 2.75) is 4.90 Å². The van der Waals surface area contributed by atoms with Crippen LogP contribution in [0, 0.1) is 0 Å². The average molecular weight is 385 g/mol. The Morgan fingerprint density at radius 2 is 1.85 bits per heavy atom. The zero-order chi connectivity index (χ0) is 19.3. The summed E-state index contributed by atoms with van der Waals surface area (Å²) >= 11 is 0. The van der Waals surface area contributed by atoms with Crippen LogP contribution in [0.25, 0.3) is 10.9 Å². The van der Waals surface area contributed by atoms with Crippen LogP contribution >= 0.6 is 0 Å². The SMILES string of the molecule is COCCNC(=O)c1ccccc1NS(=O)(=O)c1cccc2cccnc12. The summed E-state index contributed by atoms with van der Waals surface area (Å²) in [4.78, 5) is 16.6. The van der Waals surface area contributed by atoms with Gasteiger partial charge in [0.1, 0.15) is 4.90 Å². The van der Waals surface area contributed by atoms with Gasteiger partial charge in [-0.1, -0.05) is 30.3 Å². The number of carbonyl (C=O) groups excluding carboxylic acids is 1. The molecule has 1 amide bonds. The van der Waals surface area contributed by atoms with Gasteiger partial charge in [-0.3, -0.25) is 14.5 Å². The van der Waals surface area contributed by atoms with E-state index in [1.54, 1.807) is 54.7 Å². The summed E-state index contributed by atoms with van der Waals surface area (Å²) < 4.78 is 33.3. The summed E-state index contributed by atoms with van der Waals surface area (Å²) in [6.07, 6.45) is 1.54. The third-order valence-corrected chi connectivity index (χ3v) is 5.29. The van der Waals surface area contributed by atoms with Crippen LogP contribution in [-0.2, 0) is 14.8 Å². The Morgan fingerprint density at radius 3 is 2.67 bits per heavy atom. The van der Waals surface area contributed by atoms with Gasteiger partial charge in [0.2, 0.25) is 0 Å². The first kappa shape index (κ1) is 18.8. The second kappa shape index (κ2) is 8.15. The van der Waals surface area contributed by atoms with E-state index in [4.69, 9.17) is 4.74 Å². The lowest BCUT2D eigenvalue weighted by atomic mass is 10.1. The Kier molecular flexibility index (Phi) is 5.68. The highest BCUT2D eigenvalue weighted by Gasteiger charge is 2.21. The van der Waals surface area contributed by atoms with Crippen LogP contribution in [0.4, 0.5) is 5.69 Å². The molecule has 0 aliphatic carbocycles. The first-order valence-electron chi connectivity index (χ1n) is 8.25. The van der Waals surface area contributed by atoms with Gasteiger partial charge < -0.3 is 10.1 Å². The van der Waals surface area contributed by atoms with Crippen LogP contribution in [-0.4, -0.2) is 39.6 Å². The maximum atomic E-state index is 12.9. The van der Waals surface area contributed by atoms with E-state index < -0.39 is 10.0 Å². The smallest absolute Gasteiger partial charge is 0.264 e. The van der Waals surface area contributed by atoms with Crippen LogP contribution in [0.5, 0.6) is 0 Å². The maximum absolute atomic E-state index is 12.9. The Labute approximate surface area is 157 Å². The summed E-state index contributed by atoms with van der Waals surface area (Å²) in [6, 6.07) is 14.9. The van der Waals surface area contributed by atoms with Crippen molar-refractivity contribution in [3.63, 3.8) is 0 Å². The molecule has 3 rings (SSSR count). The first-order valence-corrected chi connectivity index (χ1v) is 9.74. The van der Waals surface area contributed by atoms with Crippen LogP contribution in [0.3, 0.4) is 0 Å². The molecule has 140 valence electrons. The molecule has 0 bridgehead atoms. The summed E-state index contributed by atoms with van der Waals surface area (Å²) in [5.74, 6) is -0.388. The fourth-order valence-electron chi connectivity index (χ4n) is 2.62. The molecular formula is C19H19N3O4S. The molecule has 0 saturated carbocycles. The quantitative estimate of drug-likeness (QED) is 0.609. The predicted octanol–water partition coefficient (Wildman–Crippen LogP) is 2.41. The minimum Gasteiger partial charge on any atom is -0.383 e. The van der Waals surface area contributed by atoms with Crippen molar-refractivity contribution in [1.29, 1.82) is 0 Å². The van der Waals surface area contributed by atoms with Gasteiger partial charge in [-0.2, -0.15) is 0 Å². The molecule has 0 aliphatic rings. The number of para-hydroxylation sites is 2. The summed E-state index contributed by atoms with van der Waals surface area (Å²) in [6.45, 7) is 0.685. The molecule has 0 unspecified atom stereocenters. The highest BCUT2D eigenvalue weighted by Crippen LogP contribution is 2.24. The molecule has 0 fully saturated rings. The van der Waals surface area contributed by atoms with Gasteiger partial charge in [0.25, 0.3) is 15.9 Å². The monoisotopic (exact) mass is 385 g/mol. The summed E-state index contributed by atoms with van der Waals surface area (Å²) in [5, 5.41) is 3.40. The number of nitrogens with one attached hydrogen (secondary N) is 2. The molecular weight excluding hydrogens is 366 g/mol. The number of hydrogen-bond donors (Lipinski definition) is 2. The third kappa shape index (κ3) is 4.24. The van der Waals surface area contributed by atoms with Crippen molar-refractivity contribution in [2.24, 2.45) is 0 Å². The molecule has 0 aliphatic heterocycles. The largest absolute Gasteiger partial charge is 0.383 e. The molecule has 0 radical (unpaired) electrons. The molecule has 1 heterocycles. The number of sulfonamides is 1. The molecule has 8 heteroatoms. The fourth-order valence-corrected chi connectivity index (χ4v) is 3.89. The van der Waals surface area contributed by atoms with Gasteiger partial charge in [-0.15, -0.1) is 0 Å². The molecule has 3 aromatic rings. The summed E-state index contributed by atoms with van der Waals surface area (Å²) in [7, 11) is -2.40. The summed E-state index contributed by atoms with van der Waals surface area (Å²) in [5.41, 5.74) is 0.792. The van der Waals surface area contributed by atoms with Crippen molar-refractivity contribution >= 4 is 32.5 Å². The Morgan fingerprint density at radius 1 is 1.07 bits per heavy atom. The second-order valence-corrected chi connectivity index (χ2v) is 7.38. The number of rotatable bonds is 7. The Bertz CT molecular complexity index is 1060. The van der Waals surface area contributed by atoms with E-state index in [0.29, 0.717) is 24.1 Å². The molecule has 7 nitrogen and oxygen atoms in total. The molecule has 1 aromatic heterocycles. The maximum Gasteiger partial charge on any atom is 0.264 e. The normalized spacial score (nSPS) is 11.3. The van der Waals surface area contributed by atoms with Crippen LogP contribution < -0.4 is 10.0 Å². The highest BCUT2D eigenvalue weighted by molar-refractivity contribution is 7.93. The van der Waals surface area contributed by atoms with Gasteiger partial charge in [-0.25, -0.2) is 8.42 Å². The molecule has 2 aromatic carbocycles. The Balaban J connectivity index is 1.94. The van der Waals surface area contributed by atoms with E-state index in [9.17, 15) is 13.2 Å². The Hall–Kier alpha value is -2.97. The topological polar surface area (TPSA) is 97.4 Å². The van der Waals surface area contributed by atoms with Crippen molar-refractivity contribution < 1.29 is 17.9 Å². The van der Waals surface area contributed by atoms with Crippen molar-refractivity contribution in [3.8, 4) is 0 Å². The third-order valence-electron chi connectivity index (χ3n) is 3.89. The number of fused-ring (bicyclic) bond motifs is 1. The number of benzene rings is 2. The predicted molar refractivity (Wildman–Crippen MR) is 103 cm³/mol. The van der Waals surface area contributed by atoms with E-state index >= 15 is 0 Å². The van der Waals surface area contributed by atoms with Crippen molar-refractivity contribution in [1.82, 2.24) is 10.3 Å². The molecule has 0 spiro atoms. The number of nitrogens with zero attached hydrogens (tertiary/aromatic N) is 1. The average Bonchev–Trinajstić information content (AvgIpc) is 2.67. The highest BCUT2D eigenvalue weighted by atomic mass is 32.2. The van der Waals surface area contributed by atoms with Gasteiger partial charge in [0.15, 0.2) is 0 Å². The number of pyridine rings is 1. The first-order chi connectivity index (χ1) is 13.0. The molecule has 0 atom stereocenters. The number of carbonyl (C=O) groups is 1. The van der Waals surface area contributed by atoms with Crippen LogP contribution in [0.2, 0.25) is 0 Å². The van der Waals surface area contributed by atoms with Crippen LogP contribution in [0.1, 0.15) is 10.4 Å². The van der Waals surface area contributed by atoms with E-state index in [1.165, 1.54) is 13.2 Å². The second-order valence-electron chi connectivity index (χ2n) is 5.73.